The second-order valence-corrected chi connectivity index (χ2v) is 4.54. The van der Waals surface area contributed by atoms with E-state index in [0.29, 0.717) is 17.0 Å². The van der Waals surface area contributed by atoms with Crippen molar-refractivity contribution in [1.29, 1.82) is 0 Å². The van der Waals surface area contributed by atoms with E-state index in [1.54, 1.807) is 25.1 Å². The molecular formula is C11H7BrClFN2. The van der Waals surface area contributed by atoms with E-state index < -0.39 is 0 Å². The van der Waals surface area contributed by atoms with Crippen molar-refractivity contribution < 1.29 is 4.39 Å². The highest BCUT2D eigenvalue weighted by Crippen LogP contribution is 2.25. The summed E-state index contributed by atoms with van der Waals surface area (Å²) in [4.78, 5) is 7.93. The van der Waals surface area contributed by atoms with Gasteiger partial charge in [0.25, 0.3) is 0 Å². The smallest absolute Gasteiger partial charge is 0.223 e. The number of rotatable bonds is 1. The molecule has 2 nitrogen and oxygen atoms in total. The number of hydrogen-bond donors (Lipinski definition) is 0. The zero-order chi connectivity index (χ0) is 11.7. The molecular weight excluding hydrogens is 294 g/mol. The third-order valence-electron chi connectivity index (χ3n) is 2.03. The van der Waals surface area contributed by atoms with Crippen molar-refractivity contribution in [3.8, 4) is 11.3 Å². The van der Waals surface area contributed by atoms with Gasteiger partial charge in [-0.1, -0.05) is 15.9 Å². The summed E-state index contributed by atoms with van der Waals surface area (Å²) in [6.07, 6.45) is 0. The highest BCUT2D eigenvalue weighted by atomic mass is 79.9. The van der Waals surface area contributed by atoms with E-state index in [9.17, 15) is 4.39 Å². The molecule has 0 atom stereocenters. The van der Waals surface area contributed by atoms with Crippen molar-refractivity contribution >= 4 is 27.5 Å². The van der Waals surface area contributed by atoms with Gasteiger partial charge in [0.2, 0.25) is 5.28 Å². The normalized spacial score (nSPS) is 10.5. The standard InChI is InChI=1S/C11H7BrClFN2/c1-6-4-10(16-11(13)15-6)8-5-7(12)2-3-9(8)14/h2-5H,1H3. The molecule has 2 rings (SSSR count). The summed E-state index contributed by atoms with van der Waals surface area (Å²) in [5, 5.41) is 0.120. The van der Waals surface area contributed by atoms with Crippen molar-refractivity contribution in [2.45, 2.75) is 6.92 Å². The van der Waals surface area contributed by atoms with Gasteiger partial charge in [0.15, 0.2) is 0 Å². The van der Waals surface area contributed by atoms with E-state index in [1.807, 2.05) is 0 Å². The lowest BCUT2D eigenvalue weighted by atomic mass is 10.1. The molecule has 0 fully saturated rings. The molecule has 0 unspecified atom stereocenters. The van der Waals surface area contributed by atoms with Gasteiger partial charge in [-0.05, 0) is 42.8 Å². The minimum atomic E-state index is -0.336. The van der Waals surface area contributed by atoms with E-state index in [0.717, 1.165) is 4.47 Å². The van der Waals surface area contributed by atoms with Crippen molar-refractivity contribution in [1.82, 2.24) is 9.97 Å². The average molecular weight is 302 g/mol. The van der Waals surface area contributed by atoms with Crippen LogP contribution in [0.1, 0.15) is 5.69 Å². The third kappa shape index (κ3) is 2.39. The SMILES string of the molecule is Cc1cc(-c2cc(Br)ccc2F)nc(Cl)n1. The van der Waals surface area contributed by atoms with Gasteiger partial charge in [-0.3, -0.25) is 0 Å². The second-order valence-electron chi connectivity index (χ2n) is 3.29. The molecule has 1 aromatic heterocycles. The van der Waals surface area contributed by atoms with Crippen LogP contribution in [0.5, 0.6) is 0 Å². The van der Waals surface area contributed by atoms with Crippen LogP contribution >= 0.6 is 27.5 Å². The molecule has 0 radical (unpaired) electrons. The van der Waals surface area contributed by atoms with Gasteiger partial charge < -0.3 is 0 Å². The molecule has 0 aliphatic rings. The largest absolute Gasteiger partial charge is 0.223 e. The van der Waals surface area contributed by atoms with Crippen LogP contribution in [0.25, 0.3) is 11.3 Å². The molecule has 5 heteroatoms. The molecule has 0 saturated carbocycles. The lowest BCUT2D eigenvalue weighted by molar-refractivity contribution is 0.630. The van der Waals surface area contributed by atoms with Crippen LogP contribution in [0.15, 0.2) is 28.7 Å². The molecule has 16 heavy (non-hydrogen) atoms. The fraction of sp³-hybridized carbons (Fsp3) is 0.0909. The molecule has 82 valence electrons. The molecule has 0 spiro atoms. The van der Waals surface area contributed by atoms with Gasteiger partial charge in [0.1, 0.15) is 5.82 Å². The summed E-state index contributed by atoms with van der Waals surface area (Å²) in [7, 11) is 0. The van der Waals surface area contributed by atoms with Crippen LogP contribution in [0.3, 0.4) is 0 Å². The van der Waals surface area contributed by atoms with E-state index in [1.165, 1.54) is 6.07 Å². The van der Waals surface area contributed by atoms with Gasteiger partial charge >= 0.3 is 0 Å². The maximum absolute atomic E-state index is 13.6. The monoisotopic (exact) mass is 300 g/mol. The number of benzene rings is 1. The van der Waals surface area contributed by atoms with Crippen LogP contribution in [0, 0.1) is 12.7 Å². The maximum Gasteiger partial charge on any atom is 0.223 e. The molecule has 1 heterocycles. The topological polar surface area (TPSA) is 25.8 Å². The van der Waals surface area contributed by atoms with Gasteiger partial charge in [0, 0.05) is 15.7 Å². The Kier molecular flexibility index (Phi) is 3.21. The van der Waals surface area contributed by atoms with Crippen LogP contribution in [0.2, 0.25) is 5.28 Å². The van der Waals surface area contributed by atoms with Crippen LogP contribution in [-0.2, 0) is 0 Å². The van der Waals surface area contributed by atoms with Crippen molar-refractivity contribution in [3.63, 3.8) is 0 Å². The molecule has 0 bridgehead atoms. The van der Waals surface area contributed by atoms with Crippen molar-refractivity contribution in [3.05, 3.63) is 45.5 Å². The average Bonchev–Trinajstić information content (AvgIpc) is 2.20. The number of aromatic nitrogens is 2. The Morgan fingerprint density at radius 1 is 1.25 bits per heavy atom. The van der Waals surface area contributed by atoms with Crippen molar-refractivity contribution in [2.75, 3.05) is 0 Å². The van der Waals surface area contributed by atoms with Crippen LogP contribution in [-0.4, -0.2) is 9.97 Å². The second kappa shape index (κ2) is 4.47. The number of halogens is 3. The molecule has 0 amide bonds. The fourth-order valence-corrected chi connectivity index (χ4v) is 1.95. The van der Waals surface area contributed by atoms with E-state index in [-0.39, 0.29) is 11.1 Å². The van der Waals surface area contributed by atoms with E-state index in [2.05, 4.69) is 25.9 Å². The Morgan fingerprint density at radius 2 is 2.00 bits per heavy atom. The molecule has 0 aliphatic heterocycles. The summed E-state index contributed by atoms with van der Waals surface area (Å²) in [5.41, 5.74) is 1.59. The molecule has 0 aliphatic carbocycles. The summed E-state index contributed by atoms with van der Waals surface area (Å²) in [6, 6.07) is 6.36. The Hall–Kier alpha value is -1.000. The summed E-state index contributed by atoms with van der Waals surface area (Å²) in [6.45, 7) is 1.78. The third-order valence-corrected chi connectivity index (χ3v) is 2.69. The zero-order valence-electron chi connectivity index (χ0n) is 8.34. The van der Waals surface area contributed by atoms with Gasteiger partial charge in [-0.25, -0.2) is 14.4 Å². The predicted molar refractivity (Wildman–Crippen MR) is 64.9 cm³/mol. The molecule has 1 aromatic carbocycles. The Labute approximate surface area is 106 Å². The molecule has 0 saturated heterocycles. The summed E-state index contributed by atoms with van der Waals surface area (Å²) < 4.78 is 14.4. The first-order chi connectivity index (χ1) is 7.56. The lowest BCUT2D eigenvalue weighted by Crippen LogP contribution is -1.93. The first kappa shape index (κ1) is 11.5. The predicted octanol–water partition coefficient (Wildman–Crippen LogP) is 4.01. The van der Waals surface area contributed by atoms with E-state index in [4.69, 9.17) is 11.6 Å². The highest BCUT2D eigenvalue weighted by Gasteiger charge is 2.09. The Bertz CT molecular complexity index is 525. The first-order valence-corrected chi connectivity index (χ1v) is 5.70. The molecule has 2 aromatic rings. The quantitative estimate of drug-likeness (QED) is 0.744. The maximum atomic E-state index is 13.6. The Balaban J connectivity index is 2.62. The minimum Gasteiger partial charge on any atom is -0.223 e. The minimum absolute atomic E-state index is 0.120. The van der Waals surface area contributed by atoms with Crippen LogP contribution < -0.4 is 0 Å². The van der Waals surface area contributed by atoms with Gasteiger partial charge in [-0.2, -0.15) is 0 Å². The van der Waals surface area contributed by atoms with Crippen molar-refractivity contribution in [2.24, 2.45) is 0 Å². The summed E-state index contributed by atoms with van der Waals surface area (Å²) in [5.74, 6) is -0.336. The number of nitrogens with zero attached hydrogens (tertiary/aromatic N) is 2. The van der Waals surface area contributed by atoms with Crippen LogP contribution in [0.4, 0.5) is 4.39 Å². The zero-order valence-corrected chi connectivity index (χ0v) is 10.7. The number of hydrogen-bond acceptors (Lipinski definition) is 2. The molecule has 0 N–H and O–H groups in total. The summed E-state index contributed by atoms with van der Waals surface area (Å²) >= 11 is 9.02. The van der Waals surface area contributed by atoms with Gasteiger partial charge in [0.05, 0.1) is 5.69 Å². The van der Waals surface area contributed by atoms with Gasteiger partial charge in [-0.15, -0.1) is 0 Å². The Morgan fingerprint density at radius 3 is 2.69 bits per heavy atom. The lowest BCUT2D eigenvalue weighted by Gasteiger charge is -2.04. The first-order valence-electron chi connectivity index (χ1n) is 4.53. The fourth-order valence-electron chi connectivity index (χ4n) is 1.36. The van der Waals surface area contributed by atoms with E-state index >= 15 is 0 Å². The number of aryl methyl sites for hydroxylation is 1. The highest BCUT2D eigenvalue weighted by molar-refractivity contribution is 9.10.